The number of nitrogens with zero attached hydrogens (tertiary/aromatic N) is 4. The second kappa shape index (κ2) is 8.72. The molecule has 0 saturated heterocycles. The second-order valence-electron chi connectivity index (χ2n) is 9.38. The first kappa shape index (κ1) is 21.6. The van der Waals surface area contributed by atoms with Gasteiger partial charge in [-0.05, 0) is 49.4 Å². The number of carboxylic acids is 1. The zero-order valence-corrected chi connectivity index (χ0v) is 19.1. The Morgan fingerprint density at radius 2 is 1.80 bits per heavy atom. The first-order valence-corrected chi connectivity index (χ1v) is 12.1. The van der Waals surface area contributed by atoms with E-state index in [1.807, 2.05) is 54.6 Å². The molecule has 0 radical (unpaired) electrons. The van der Waals surface area contributed by atoms with Crippen LogP contribution in [0.4, 0.5) is 16.5 Å². The number of aromatic nitrogens is 2. The summed E-state index contributed by atoms with van der Waals surface area (Å²) in [7, 11) is 0. The van der Waals surface area contributed by atoms with Crippen LogP contribution in [0.25, 0.3) is 11.5 Å². The fraction of sp³-hybridized carbons (Fsp3) is 0.385. The van der Waals surface area contributed by atoms with Crippen molar-refractivity contribution < 1.29 is 23.8 Å². The summed E-state index contributed by atoms with van der Waals surface area (Å²) in [4.78, 5) is 28.1. The lowest BCUT2D eigenvalue weighted by Gasteiger charge is -2.46. The van der Waals surface area contributed by atoms with Crippen LogP contribution in [0.15, 0.2) is 59.0 Å². The van der Waals surface area contributed by atoms with Crippen LogP contribution < -0.4 is 4.90 Å². The molecular formula is C26H26N4O5. The molecule has 1 N–H and O–H groups in total. The molecule has 35 heavy (non-hydrogen) atoms. The molecule has 1 aromatic heterocycles. The van der Waals surface area contributed by atoms with Crippen molar-refractivity contribution in [1.29, 1.82) is 0 Å². The molecular weight excluding hydrogens is 448 g/mol. The average Bonchev–Trinajstić information content (AvgIpc) is 3.37. The minimum absolute atomic E-state index is 0.0650. The first-order valence-electron chi connectivity index (χ1n) is 12.1. The van der Waals surface area contributed by atoms with Crippen molar-refractivity contribution in [3.63, 3.8) is 0 Å². The maximum absolute atomic E-state index is 13.1. The van der Waals surface area contributed by atoms with Crippen LogP contribution in [0.2, 0.25) is 0 Å². The van der Waals surface area contributed by atoms with Crippen molar-refractivity contribution >= 4 is 23.8 Å². The van der Waals surface area contributed by atoms with Gasteiger partial charge in [-0.25, -0.2) is 9.59 Å². The van der Waals surface area contributed by atoms with E-state index in [2.05, 4.69) is 15.1 Å². The number of carboxylic acid groups (broad SMARTS) is 1. The number of ether oxygens (including phenoxy) is 1. The van der Waals surface area contributed by atoms with Gasteiger partial charge in [-0.3, -0.25) is 9.80 Å². The van der Waals surface area contributed by atoms with E-state index in [9.17, 15) is 9.59 Å². The second-order valence-corrected chi connectivity index (χ2v) is 9.38. The fourth-order valence-corrected chi connectivity index (χ4v) is 5.68. The third-order valence-corrected chi connectivity index (χ3v) is 7.19. The molecule has 3 aliphatic rings. The summed E-state index contributed by atoms with van der Waals surface area (Å²) >= 11 is 0. The number of hydrogen-bond acceptors (Lipinski definition) is 7. The Morgan fingerprint density at radius 1 is 1.03 bits per heavy atom. The van der Waals surface area contributed by atoms with Crippen LogP contribution in [0.1, 0.15) is 43.7 Å². The smallest absolute Gasteiger partial charge is 0.411 e. The van der Waals surface area contributed by atoms with Crippen molar-refractivity contribution in [3.8, 4) is 11.5 Å². The third kappa shape index (κ3) is 3.90. The number of benzene rings is 2. The number of amides is 1. The van der Waals surface area contributed by atoms with Gasteiger partial charge >= 0.3 is 18.1 Å². The summed E-state index contributed by atoms with van der Waals surface area (Å²) in [5.41, 5.74) is 2.79. The third-order valence-electron chi connectivity index (χ3n) is 7.19. The Bertz CT molecular complexity index is 1240. The standard InChI is InChI=1S/C26H26N4O5/c31-22(32)15-34-26(33)29(17-13-14-17)23-18-9-4-5-11-20(18)30(21-12-6-10-19(21)23)25-28-27-24(35-25)16-7-2-1-3-8-16/h1-5,7-9,11,17,19,21,23H,6,10,12-15H2,(H,31,32). The van der Waals surface area contributed by atoms with Crippen molar-refractivity contribution in [2.24, 2.45) is 5.92 Å². The van der Waals surface area contributed by atoms with Crippen LogP contribution in [0.3, 0.4) is 0 Å². The van der Waals surface area contributed by atoms with E-state index in [0.717, 1.165) is 48.9 Å². The summed E-state index contributed by atoms with van der Waals surface area (Å²) in [6, 6.07) is 18.1. The van der Waals surface area contributed by atoms with Crippen molar-refractivity contribution in [3.05, 3.63) is 60.2 Å². The van der Waals surface area contributed by atoms with E-state index in [1.54, 1.807) is 4.90 Å². The SMILES string of the molecule is O=C(O)COC(=O)N(C1CC1)C1c2ccccc2N(c2nnc(-c3ccccc3)o2)C2CCCC21. The number of carbonyl (C=O) groups excluding carboxylic acids is 1. The predicted molar refractivity (Wildman–Crippen MR) is 126 cm³/mol. The maximum Gasteiger partial charge on any atom is 0.411 e. The Hall–Kier alpha value is -3.88. The van der Waals surface area contributed by atoms with Crippen LogP contribution >= 0.6 is 0 Å². The van der Waals surface area contributed by atoms with Gasteiger partial charge in [-0.2, -0.15) is 0 Å². The topological polar surface area (TPSA) is 109 Å². The van der Waals surface area contributed by atoms with Gasteiger partial charge in [-0.15, -0.1) is 5.10 Å². The first-order chi connectivity index (χ1) is 17.1. The number of aliphatic carboxylic acids is 1. The molecule has 2 aliphatic carbocycles. The van der Waals surface area contributed by atoms with E-state index in [0.29, 0.717) is 11.9 Å². The number of fused-ring (bicyclic) bond motifs is 2. The van der Waals surface area contributed by atoms with Crippen molar-refractivity contribution in [2.45, 2.75) is 50.2 Å². The molecule has 3 aromatic rings. The minimum Gasteiger partial charge on any atom is -0.479 e. The normalized spacial score (nSPS) is 22.9. The molecule has 180 valence electrons. The lowest BCUT2D eigenvalue weighted by molar-refractivity contribution is -0.140. The predicted octanol–water partition coefficient (Wildman–Crippen LogP) is 4.78. The van der Waals surface area contributed by atoms with Crippen LogP contribution in [0, 0.1) is 5.92 Å². The Balaban J connectivity index is 1.40. The highest BCUT2D eigenvalue weighted by Crippen LogP contribution is 2.54. The number of para-hydroxylation sites is 1. The molecule has 3 atom stereocenters. The Morgan fingerprint density at radius 3 is 2.57 bits per heavy atom. The van der Waals surface area contributed by atoms with Crippen molar-refractivity contribution in [1.82, 2.24) is 15.1 Å². The molecule has 0 spiro atoms. The fourth-order valence-electron chi connectivity index (χ4n) is 5.68. The average molecular weight is 475 g/mol. The Kier molecular flexibility index (Phi) is 5.39. The zero-order chi connectivity index (χ0) is 23.9. The van der Waals surface area contributed by atoms with E-state index >= 15 is 0 Å². The maximum atomic E-state index is 13.1. The number of anilines is 2. The molecule has 1 amide bonds. The van der Waals surface area contributed by atoms with Gasteiger partial charge in [0.25, 0.3) is 0 Å². The zero-order valence-electron chi connectivity index (χ0n) is 19.1. The Labute approximate surface area is 202 Å². The van der Waals surface area contributed by atoms with Gasteiger partial charge in [-0.1, -0.05) is 47.9 Å². The van der Waals surface area contributed by atoms with Crippen LogP contribution in [-0.2, 0) is 9.53 Å². The van der Waals surface area contributed by atoms with Crippen LogP contribution in [-0.4, -0.2) is 51.0 Å². The molecule has 0 bridgehead atoms. The molecule has 2 heterocycles. The van der Waals surface area contributed by atoms with E-state index in [4.69, 9.17) is 14.3 Å². The monoisotopic (exact) mass is 474 g/mol. The van der Waals surface area contributed by atoms with Gasteiger partial charge in [0.2, 0.25) is 5.89 Å². The van der Waals surface area contributed by atoms with Gasteiger partial charge in [0.1, 0.15) is 0 Å². The van der Waals surface area contributed by atoms with Crippen molar-refractivity contribution in [2.75, 3.05) is 11.5 Å². The molecule has 9 nitrogen and oxygen atoms in total. The minimum atomic E-state index is -1.16. The van der Waals surface area contributed by atoms with Gasteiger partial charge in [0, 0.05) is 23.6 Å². The van der Waals surface area contributed by atoms with Gasteiger partial charge in [0.05, 0.1) is 11.7 Å². The molecule has 6 rings (SSSR count). The molecule has 1 aliphatic heterocycles. The highest BCUT2D eigenvalue weighted by molar-refractivity contribution is 5.76. The lowest BCUT2D eigenvalue weighted by atomic mass is 9.82. The number of hydrogen-bond donors (Lipinski definition) is 1. The summed E-state index contributed by atoms with van der Waals surface area (Å²) in [6.07, 6.45) is 4.12. The van der Waals surface area contributed by atoms with Gasteiger partial charge < -0.3 is 14.3 Å². The number of carbonyl (C=O) groups is 2. The van der Waals surface area contributed by atoms with Crippen LogP contribution in [0.5, 0.6) is 0 Å². The molecule has 2 fully saturated rings. The molecule has 3 unspecified atom stereocenters. The van der Waals surface area contributed by atoms with E-state index < -0.39 is 18.7 Å². The molecule has 2 aromatic carbocycles. The highest BCUT2D eigenvalue weighted by Gasteiger charge is 2.52. The summed E-state index contributed by atoms with van der Waals surface area (Å²) in [6.45, 7) is -0.638. The summed E-state index contributed by atoms with van der Waals surface area (Å²) in [5, 5.41) is 17.8. The lowest BCUT2D eigenvalue weighted by Crippen LogP contribution is -2.49. The van der Waals surface area contributed by atoms with Gasteiger partial charge in [0.15, 0.2) is 6.61 Å². The summed E-state index contributed by atoms with van der Waals surface area (Å²) < 4.78 is 11.4. The molecule has 2 saturated carbocycles. The largest absolute Gasteiger partial charge is 0.479 e. The number of rotatable bonds is 6. The molecule has 9 heteroatoms. The highest BCUT2D eigenvalue weighted by atomic mass is 16.6. The quantitative estimate of drug-likeness (QED) is 0.543. The van der Waals surface area contributed by atoms with E-state index in [1.165, 1.54) is 0 Å². The summed E-state index contributed by atoms with van der Waals surface area (Å²) in [5.74, 6) is -0.560. The van der Waals surface area contributed by atoms with E-state index in [-0.39, 0.29) is 24.0 Å².